The van der Waals surface area contributed by atoms with Gasteiger partial charge in [0.2, 0.25) is 0 Å². The van der Waals surface area contributed by atoms with Crippen LogP contribution in [0.15, 0.2) is 30.6 Å². The Morgan fingerprint density at radius 3 is 2.83 bits per heavy atom. The molecule has 3 nitrogen and oxygen atoms in total. The van der Waals surface area contributed by atoms with Gasteiger partial charge < -0.3 is 5.11 Å². The second kappa shape index (κ2) is 5.17. The average Bonchev–Trinajstić information content (AvgIpc) is 2.37. The summed E-state index contributed by atoms with van der Waals surface area (Å²) in [7, 11) is 0. The van der Waals surface area contributed by atoms with Crippen molar-refractivity contribution in [2.75, 3.05) is 0 Å². The molecule has 1 heterocycles. The lowest BCUT2D eigenvalue weighted by atomic mass is 9.97. The third kappa shape index (κ3) is 2.50. The van der Waals surface area contributed by atoms with Gasteiger partial charge in [-0.15, -0.1) is 0 Å². The Kier molecular flexibility index (Phi) is 3.60. The fourth-order valence-electron chi connectivity index (χ4n) is 2.14. The maximum atomic E-state index is 10.9. The lowest BCUT2D eigenvalue weighted by Gasteiger charge is -2.09. The number of pyridine rings is 1. The number of carboxylic acid groups (broad SMARTS) is 1. The zero-order valence-corrected chi connectivity index (χ0v) is 10.7. The lowest BCUT2D eigenvalue weighted by Crippen LogP contribution is -2.12. The van der Waals surface area contributed by atoms with Gasteiger partial charge in [-0.2, -0.15) is 0 Å². The first-order valence-electron chi connectivity index (χ1n) is 6.20. The van der Waals surface area contributed by atoms with E-state index < -0.39 is 5.97 Å². The van der Waals surface area contributed by atoms with Crippen LogP contribution in [0.1, 0.15) is 25.0 Å². The topological polar surface area (TPSA) is 50.2 Å². The number of aliphatic carboxylic acids is 1. The summed E-state index contributed by atoms with van der Waals surface area (Å²) in [4.78, 5) is 15.1. The fraction of sp³-hybridized carbons (Fsp3) is 0.333. The minimum absolute atomic E-state index is 0.357. The van der Waals surface area contributed by atoms with Gasteiger partial charge in [0.1, 0.15) is 0 Å². The van der Waals surface area contributed by atoms with Crippen LogP contribution in [0.4, 0.5) is 0 Å². The Morgan fingerprint density at radius 2 is 2.17 bits per heavy atom. The van der Waals surface area contributed by atoms with E-state index in [2.05, 4.69) is 18.0 Å². The molecule has 1 aromatic carbocycles. The van der Waals surface area contributed by atoms with Crippen LogP contribution in [0.5, 0.6) is 0 Å². The molecule has 0 amide bonds. The Bertz CT molecular complexity index is 578. The van der Waals surface area contributed by atoms with Gasteiger partial charge in [-0.3, -0.25) is 9.78 Å². The molecule has 0 aliphatic heterocycles. The van der Waals surface area contributed by atoms with Gasteiger partial charge in [-0.25, -0.2) is 0 Å². The number of benzene rings is 1. The van der Waals surface area contributed by atoms with Crippen molar-refractivity contribution >= 4 is 16.7 Å². The molecule has 0 radical (unpaired) electrons. The van der Waals surface area contributed by atoms with Crippen LogP contribution in [-0.4, -0.2) is 16.1 Å². The summed E-state index contributed by atoms with van der Waals surface area (Å²) >= 11 is 0. The van der Waals surface area contributed by atoms with E-state index in [4.69, 9.17) is 5.11 Å². The molecule has 0 bridgehead atoms. The van der Waals surface area contributed by atoms with E-state index in [1.165, 1.54) is 10.9 Å². The van der Waals surface area contributed by atoms with Crippen LogP contribution < -0.4 is 0 Å². The molecule has 1 atom stereocenters. The molecule has 0 aliphatic rings. The summed E-state index contributed by atoms with van der Waals surface area (Å²) < 4.78 is 0. The fourth-order valence-corrected chi connectivity index (χ4v) is 2.14. The number of fused-ring (bicyclic) bond motifs is 1. The van der Waals surface area contributed by atoms with Gasteiger partial charge in [0.15, 0.2) is 0 Å². The summed E-state index contributed by atoms with van der Waals surface area (Å²) in [6, 6.07) is 6.13. The van der Waals surface area contributed by atoms with E-state index in [-0.39, 0.29) is 5.92 Å². The van der Waals surface area contributed by atoms with Crippen LogP contribution in [0, 0.1) is 5.92 Å². The molecule has 1 N–H and O–H groups in total. The molecule has 3 heteroatoms. The smallest absolute Gasteiger partial charge is 0.306 e. The highest BCUT2D eigenvalue weighted by molar-refractivity contribution is 5.85. The molecule has 0 spiro atoms. The third-order valence-electron chi connectivity index (χ3n) is 3.25. The Balaban J connectivity index is 2.36. The molecular formula is C15H17NO2. The van der Waals surface area contributed by atoms with Crippen molar-refractivity contribution in [3.63, 3.8) is 0 Å². The first kappa shape index (κ1) is 12.6. The minimum Gasteiger partial charge on any atom is -0.481 e. The van der Waals surface area contributed by atoms with Crippen molar-refractivity contribution in [1.82, 2.24) is 4.98 Å². The first-order chi connectivity index (χ1) is 8.61. The van der Waals surface area contributed by atoms with Gasteiger partial charge in [0, 0.05) is 17.8 Å². The monoisotopic (exact) mass is 243 g/mol. The molecule has 0 aliphatic carbocycles. The van der Waals surface area contributed by atoms with Gasteiger partial charge in [0.25, 0.3) is 0 Å². The summed E-state index contributed by atoms with van der Waals surface area (Å²) in [6.07, 6.45) is 5.24. The predicted octanol–water partition coefficient (Wildman–Crippen LogP) is 3.06. The second-order valence-corrected chi connectivity index (χ2v) is 4.65. The van der Waals surface area contributed by atoms with E-state index in [0.717, 1.165) is 17.4 Å². The first-order valence-corrected chi connectivity index (χ1v) is 6.20. The van der Waals surface area contributed by atoms with Crippen molar-refractivity contribution in [3.05, 3.63) is 41.7 Å². The maximum Gasteiger partial charge on any atom is 0.306 e. The summed E-state index contributed by atoms with van der Waals surface area (Å²) in [6.45, 7) is 3.84. The van der Waals surface area contributed by atoms with Crippen LogP contribution in [0.3, 0.4) is 0 Å². The van der Waals surface area contributed by atoms with Gasteiger partial charge in [-0.05, 0) is 35.4 Å². The molecular weight excluding hydrogens is 226 g/mol. The Morgan fingerprint density at radius 1 is 1.39 bits per heavy atom. The quantitative estimate of drug-likeness (QED) is 0.897. The zero-order valence-electron chi connectivity index (χ0n) is 10.7. The number of aromatic nitrogens is 1. The number of rotatable bonds is 4. The summed E-state index contributed by atoms with van der Waals surface area (Å²) in [5.74, 6) is -1.11. The predicted molar refractivity (Wildman–Crippen MR) is 71.6 cm³/mol. The number of aryl methyl sites for hydroxylation is 1. The van der Waals surface area contributed by atoms with Crippen LogP contribution in [0.2, 0.25) is 0 Å². The second-order valence-electron chi connectivity index (χ2n) is 4.65. The van der Waals surface area contributed by atoms with Crippen molar-refractivity contribution < 1.29 is 9.90 Å². The molecule has 2 rings (SSSR count). The van der Waals surface area contributed by atoms with Crippen molar-refractivity contribution in [2.24, 2.45) is 5.92 Å². The highest BCUT2D eigenvalue weighted by Crippen LogP contribution is 2.21. The van der Waals surface area contributed by atoms with Gasteiger partial charge >= 0.3 is 5.97 Å². The van der Waals surface area contributed by atoms with Crippen molar-refractivity contribution in [1.29, 1.82) is 0 Å². The van der Waals surface area contributed by atoms with E-state index in [9.17, 15) is 4.79 Å². The molecule has 94 valence electrons. The lowest BCUT2D eigenvalue weighted by molar-refractivity contribution is -0.141. The number of carboxylic acids is 1. The SMILES string of the molecule is CCc1cncc2cc(CC(C)C(=O)O)ccc12. The van der Waals surface area contributed by atoms with Crippen LogP contribution in [0.25, 0.3) is 10.8 Å². The van der Waals surface area contributed by atoms with Crippen molar-refractivity contribution in [2.45, 2.75) is 26.7 Å². The van der Waals surface area contributed by atoms with Gasteiger partial charge in [0.05, 0.1) is 5.92 Å². The number of hydrogen-bond donors (Lipinski definition) is 1. The maximum absolute atomic E-state index is 10.9. The Labute approximate surface area is 106 Å². The van der Waals surface area contributed by atoms with E-state index in [1.807, 2.05) is 24.5 Å². The molecule has 0 saturated carbocycles. The number of carbonyl (C=O) groups is 1. The molecule has 18 heavy (non-hydrogen) atoms. The standard InChI is InChI=1S/C15H17NO2/c1-3-12-8-16-9-13-7-11(4-5-14(12)13)6-10(2)15(17)18/h4-5,7-10H,3,6H2,1-2H3,(H,17,18). The summed E-state index contributed by atoms with van der Waals surface area (Å²) in [5.41, 5.74) is 2.28. The number of nitrogens with zero attached hydrogens (tertiary/aromatic N) is 1. The highest BCUT2D eigenvalue weighted by Gasteiger charge is 2.12. The normalized spacial score (nSPS) is 12.6. The molecule has 1 aromatic heterocycles. The molecule has 2 aromatic rings. The largest absolute Gasteiger partial charge is 0.481 e. The molecule has 0 fully saturated rings. The molecule has 0 saturated heterocycles. The van der Waals surface area contributed by atoms with Crippen LogP contribution in [-0.2, 0) is 17.6 Å². The average molecular weight is 243 g/mol. The Hall–Kier alpha value is -1.90. The van der Waals surface area contributed by atoms with E-state index >= 15 is 0 Å². The highest BCUT2D eigenvalue weighted by atomic mass is 16.4. The number of hydrogen-bond acceptors (Lipinski definition) is 2. The van der Waals surface area contributed by atoms with E-state index in [1.54, 1.807) is 6.92 Å². The molecule has 1 unspecified atom stereocenters. The van der Waals surface area contributed by atoms with Gasteiger partial charge in [-0.1, -0.05) is 26.0 Å². The minimum atomic E-state index is -0.754. The van der Waals surface area contributed by atoms with Crippen LogP contribution >= 0.6 is 0 Å². The van der Waals surface area contributed by atoms with Crippen molar-refractivity contribution in [3.8, 4) is 0 Å². The van der Waals surface area contributed by atoms with E-state index in [0.29, 0.717) is 6.42 Å². The summed E-state index contributed by atoms with van der Waals surface area (Å²) in [5, 5.41) is 11.2. The zero-order chi connectivity index (χ0) is 13.1. The third-order valence-corrected chi connectivity index (χ3v) is 3.25.